The largest absolute Gasteiger partial charge is 0.486 e. The van der Waals surface area contributed by atoms with E-state index in [4.69, 9.17) is 14.6 Å². The van der Waals surface area contributed by atoms with E-state index in [1.165, 1.54) is 0 Å². The Bertz CT molecular complexity index is 482. The molecule has 0 saturated heterocycles. The van der Waals surface area contributed by atoms with Gasteiger partial charge in [0, 0.05) is 24.4 Å². The van der Waals surface area contributed by atoms with Crippen molar-refractivity contribution < 1.29 is 19.4 Å². The highest BCUT2D eigenvalue weighted by Crippen LogP contribution is 2.35. The van der Waals surface area contributed by atoms with Crippen molar-refractivity contribution in [2.45, 2.75) is 6.92 Å². The molecule has 18 heavy (non-hydrogen) atoms. The molecule has 5 heteroatoms. The van der Waals surface area contributed by atoms with Crippen LogP contribution in [-0.2, 0) is 4.79 Å². The molecule has 1 aromatic rings. The third-order valence-corrected chi connectivity index (χ3v) is 2.56. The van der Waals surface area contributed by atoms with Crippen LogP contribution in [0.3, 0.4) is 0 Å². The Morgan fingerprint density at radius 2 is 2.06 bits per heavy atom. The normalized spacial score (nSPS) is 13.6. The molecule has 2 N–H and O–H groups in total. The molecule has 1 heterocycles. The average molecular weight is 249 g/mol. The van der Waals surface area contributed by atoms with Crippen LogP contribution < -0.4 is 14.8 Å². The van der Waals surface area contributed by atoms with E-state index in [-0.39, 0.29) is 0 Å². The number of hydrogen-bond acceptors (Lipinski definition) is 4. The monoisotopic (exact) mass is 249 g/mol. The molecule has 0 aliphatic carbocycles. The van der Waals surface area contributed by atoms with Crippen LogP contribution in [0.2, 0.25) is 0 Å². The topological polar surface area (TPSA) is 67.8 Å². The number of anilines is 1. The Labute approximate surface area is 105 Å². The predicted octanol–water partition coefficient (Wildman–Crippen LogP) is 1.82. The van der Waals surface area contributed by atoms with E-state index in [9.17, 15) is 4.79 Å². The second-order valence-electron chi connectivity index (χ2n) is 3.93. The van der Waals surface area contributed by atoms with E-state index < -0.39 is 5.97 Å². The molecular weight excluding hydrogens is 234 g/mol. The van der Waals surface area contributed by atoms with Gasteiger partial charge in [-0.3, -0.25) is 0 Å². The van der Waals surface area contributed by atoms with Crippen molar-refractivity contribution in [3.8, 4) is 11.5 Å². The fourth-order valence-corrected chi connectivity index (χ4v) is 1.71. The van der Waals surface area contributed by atoms with Crippen molar-refractivity contribution in [3.05, 3.63) is 29.8 Å². The first kappa shape index (κ1) is 12.3. The molecule has 0 bridgehead atoms. The maximum Gasteiger partial charge on any atom is 0.328 e. The molecule has 96 valence electrons. The van der Waals surface area contributed by atoms with Gasteiger partial charge >= 0.3 is 5.97 Å². The van der Waals surface area contributed by atoms with Crippen molar-refractivity contribution in [1.82, 2.24) is 0 Å². The molecule has 0 radical (unpaired) electrons. The lowest BCUT2D eigenvalue weighted by Gasteiger charge is -2.20. The summed E-state index contributed by atoms with van der Waals surface area (Å²) in [6, 6.07) is 3.79. The molecule has 1 aromatic carbocycles. The lowest BCUT2D eigenvalue weighted by Crippen LogP contribution is -2.16. The van der Waals surface area contributed by atoms with Gasteiger partial charge in [-0.1, -0.05) is 6.08 Å². The Hall–Kier alpha value is -2.17. The smallest absolute Gasteiger partial charge is 0.328 e. The molecule has 0 aromatic heterocycles. The molecule has 5 nitrogen and oxygen atoms in total. The van der Waals surface area contributed by atoms with Gasteiger partial charge in [0.2, 0.25) is 0 Å². The van der Waals surface area contributed by atoms with E-state index in [0.717, 1.165) is 28.8 Å². The zero-order valence-electron chi connectivity index (χ0n) is 10.1. The molecule has 0 saturated carbocycles. The fraction of sp³-hybridized carbons (Fsp3) is 0.308. The lowest BCUT2D eigenvalue weighted by atomic mass is 10.1. The quantitative estimate of drug-likeness (QED) is 0.797. The maximum absolute atomic E-state index is 10.3. The number of nitrogens with one attached hydrogen (secondary N) is 1. The van der Waals surface area contributed by atoms with Crippen LogP contribution in [0.15, 0.2) is 24.3 Å². The minimum absolute atomic E-state index is 0.451. The molecule has 1 aliphatic rings. The zero-order chi connectivity index (χ0) is 13.0. The maximum atomic E-state index is 10.3. The second kappa shape index (κ2) is 5.44. The summed E-state index contributed by atoms with van der Waals surface area (Å²) in [4.78, 5) is 10.3. The first-order valence-electron chi connectivity index (χ1n) is 5.70. The van der Waals surface area contributed by atoms with E-state index in [1.54, 1.807) is 6.08 Å². The van der Waals surface area contributed by atoms with Gasteiger partial charge in [-0.2, -0.15) is 0 Å². The van der Waals surface area contributed by atoms with Crippen molar-refractivity contribution in [3.63, 3.8) is 0 Å². The summed E-state index contributed by atoms with van der Waals surface area (Å²) in [6.45, 7) is 3.53. The number of carboxylic acid groups (broad SMARTS) is 1. The Morgan fingerprint density at radius 3 is 2.72 bits per heavy atom. The van der Waals surface area contributed by atoms with E-state index >= 15 is 0 Å². The minimum atomic E-state index is -0.948. The number of hydrogen-bond donors (Lipinski definition) is 2. The third-order valence-electron chi connectivity index (χ3n) is 2.56. The summed E-state index contributed by atoms with van der Waals surface area (Å²) in [6.07, 6.45) is 2.67. The summed E-state index contributed by atoms with van der Waals surface area (Å²) in [7, 11) is 0. The van der Waals surface area contributed by atoms with Crippen molar-refractivity contribution in [2.75, 3.05) is 25.1 Å². The van der Waals surface area contributed by atoms with Gasteiger partial charge in [-0.05, 0) is 18.6 Å². The van der Waals surface area contributed by atoms with E-state index in [2.05, 4.69) is 5.32 Å². The van der Waals surface area contributed by atoms with Crippen LogP contribution >= 0.6 is 0 Å². The predicted molar refractivity (Wildman–Crippen MR) is 67.4 cm³/mol. The number of carboxylic acids is 1. The fourth-order valence-electron chi connectivity index (χ4n) is 1.71. The van der Waals surface area contributed by atoms with Gasteiger partial charge in [0.05, 0.1) is 0 Å². The highest BCUT2D eigenvalue weighted by atomic mass is 16.6. The lowest BCUT2D eigenvalue weighted by molar-refractivity contribution is -0.131. The van der Waals surface area contributed by atoms with Crippen molar-refractivity contribution in [1.29, 1.82) is 0 Å². The third kappa shape index (κ3) is 2.94. The number of fused-ring (bicyclic) bond motifs is 1. The summed E-state index contributed by atoms with van der Waals surface area (Å²) in [5.41, 5.74) is 1.94. The van der Waals surface area contributed by atoms with Gasteiger partial charge < -0.3 is 19.9 Å². The first-order valence-corrected chi connectivity index (χ1v) is 5.70. The Kier molecular flexibility index (Phi) is 3.72. The highest BCUT2D eigenvalue weighted by molar-refractivity contribution is 5.79. The average Bonchev–Trinajstić information content (AvgIpc) is 2.34. The number of rotatable bonds is 4. The molecule has 0 fully saturated rings. The Morgan fingerprint density at radius 1 is 1.39 bits per heavy atom. The van der Waals surface area contributed by atoms with Crippen LogP contribution in [0.4, 0.5) is 5.69 Å². The number of aliphatic carboxylic acids is 1. The van der Waals surface area contributed by atoms with Gasteiger partial charge in [0.1, 0.15) is 13.2 Å². The summed E-state index contributed by atoms with van der Waals surface area (Å²) >= 11 is 0. The number of aryl methyl sites for hydroxylation is 1. The molecule has 0 atom stereocenters. The van der Waals surface area contributed by atoms with Crippen LogP contribution in [0.1, 0.15) is 5.56 Å². The standard InChI is InChI=1S/C13H15NO4/c1-9-7-11-12(18-6-5-17-11)8-10(9)14-4-2-3-13(15)16/h2-3,7-8,14H,4-6H2,1H3,(H,15,16)/b3-2+. The van der Waals surface area contributed by atoms with Crippen molar-refractivity contribution >= 4 is 11.7 Å². The summed E-state index contributed by atoms with van der Waals surface area (Å²) < 4.78 is 11.0. The Balaban J connectivity index is 2.06. The second-order valence-corrected chi connectivity index (χ2v) is 3.93. The van der Waals surface area contributed by atoms with Crippen LogP contribution in [0.25, 0.3) is 0 Å². The van der Waals surface area contributed by atoms with Crippen LogP contribution in [-0.4, -0.2) is 30.8 Å². The molecular formula is C13H15NO4. The van der Waals surface area contributed by atoms with E-state index in [1.807, 2.05) is 19.1 Å². The van der Waals surface area contributed by atoms with Crippen molar-refractivity contribution in [2.24, 2.45) is 0 Å². The van der Waals surface area contributed by atoms with Crippen LogP contribution in [0.5, 0.6) is 11.5 Å². The molecule has 1 aliphatic heterocycles. The summed E-state index contributed by atoms with van der Waals surface area (Å²) in [5.74, 6) is 0.526. The highest BCUT2D eigenvalue weighted by Gasteiger charge is 2.13. The van der Waals surface area contributed by atoms with Gasteiger partial charge in [0.25, 0.3) is 0 Å². The SMILES string of the molecule is Cc1cc2c(cc1NC/C=C/C(=O)O)OCCO2. The van der Waals surface area contributed by atoms with Crippen LogP contribution in [0, 0.1) is 6.92 Å². The first-order chi connectivity index (χ1) is 8.66. The molecule has 0 amide bonds. The van der Waals surface area contributed by atoms with Gasteiger partial charge in [-0.25, -0.2) is 4.79 Å². The number of benzene rings is 1. The summed E-state index contributed by atoms with van der Waals surface area (Å²) in [5, 5.41) is 11.6. The molecule has 0 spiro atoms. The number of carbonyl (C=O) groups is 1. The zero-order valence-corrected chi connectivity index (χ0v) is 10.1. The minimum Gasteiger partial charge on any atom is -0.486 e. The molecule has 0 unspecified atom stereocenters. The molecule has 2 rings (SSSR count). The van der Waals surface area contributed by atoms with Gasteiger partial charge in [0.15, 0.2) is 11.5 Å². The number of ether oxygens (including phenoxy) is 2. The van der Waals surface area contributed by atoms with E-state index in [0.29, 0.717) is 19.8 Å². The van der Waals surface area contributed by atoms with Gasteiger partial charge in [-0.15, -0.1) is 0 Å².